The van der Waals surface area contributed by atoms with Crippen LogP contribution in [0.4, 0.5) is 0 Å². The van der Waals surface area contributed by atoms with Gasteiger partial charge in [0, 0.05) is 0 Å². The molecule has 0 aliphatic heterocycles. The molecule has 3 rings (SSSR count). The molecule has 0 saturated carbocycles. The van der Waals surface area contributed by atoms with Crippen molar-refractivity contribution < 1.29 is 4.74 Å². The van der Waals surface area contributed by atoms with Gasteiger partial charge in [-0.05, 0) is 30.3 Å². The van der Waals surface area contributed by atoms with E-state index in [2.05, 4.69) is 16.0 Å². The largest absolute Gasteiger partial charge is 0.496 e. The smallest absolute Gasteiger partial charge is 0.259 e. The van der Waals surface area contributed by atoms with E-state index in [1.807, 2.05) is 6.07 Å². The first-order valence-corrected chi connectivity index (χ1v) is 6.30. The molecule has 0 atom stereocenters. The van der Waals surface area contributed by atoms with Gasteiger partial charge in [-0.3, -0.25) is 4.79 Å². The molecule has 0 fully saturated rings. The number of H-pyrrole nitrogens is 1. The number of benzene rings is 2. The van der Waals surface area contributed by atoms with Gasteiger partial charge in [0.1, 0.15) is 11.6 Å². The number of hydrogen-bond acceptors (Lipinski definition) is 4. The highest BCUT2D eigenvalue weighted by molar-refractivity contribution is 5.80. The lowest BCUT2D eigenvalue weighted by Gasteiger charge is -2.08. The summed E-state index contributed by atoms with van der Waals surface area (Å²) in [6.07, 6.45) is 0. The Kier molecular flexibility index (Phi) is 3.13. The molecule has 0 radical (unpaired) electrons. The summed E-state index contributed by atoms with van der Waals surface area (Å²) in [7, 11) is 1.53. The van der Waals surface area contributed by atoms with Crippen LogP contribution in [0.5, 0.6) is 5.75 Å². The molecule has 0 bridgehead atoms. The fourth-order valence-electron chi connectivity index (χ4n) is 2.18. The number of methoxy groups -OCH3 is 1. The number of hydrogen-bond donors (Lipinski definition) is 1. The van der Waals surface area contributed by atoms with Crippen molar-refractivity contribution in [1.29, 1.82) is 5.26 Å². The minimum absolute atomic E-state index is 0.222. The Labute approximate surface area is 120 Å². The normalized spacial score (nSPS) is 10.3. The van der Waals surface area contributed by atoms with Crippen molar-refractivity contribution in [3.05, 3.63) is 58.4 Å². The van der Waals surface area contributed by atoms with Crippen LogP contribution in [-0.4, -0.2) is 17.1 Å². The molecule has 0 unspecified atom stereocenters. The van der Waals surface area contributed by atoms with Crippen LogP contribution in [0.15, 0.2) is 47.3 Å². The Bertz CT molecular complexity index is 923. The summed E-state index contributed by atoms with van der Waals surface area (Å²) in [5.41, 5.74) is 1.43. The molecule has 21 heavy (non-hydrogen) atoms. The van der Waals surface area contributed by atoms with Crippen LogP contribution in [0.25, 0.3) is 22.3 Å². The highest BCUT2D eigenvalue weighted by Gasteiger charge is 2.11. The maximum atomic E-state index is 12.1. The fraction of sp³-hybridized carbons (Fsp3) is 0.0625. The van der Waals surface area contributed by atoms with Gasteiger partial charge in [0.25, 0.3) is 5.56 Å². The topological polar surface area (TPSA) is 78.8 Å². The highest BCUT2D eigenvalue weighted by atomic mass is 16.5. The van der Waals surface area contributed by atoms with Gasteiger partial charge in [-0.25, -0.2) is 4.98 Å². The monoisotopic (exact) mass is 277 g/mol. The molecule has 3 aromatic rings. The lowest BCUT2D eigenvalue weighted by molar-refractivity contribution is 0.416. The SMILES string of the molecule is COc1ccc(C#N)cc1-c1nc2ccccc2c(=O)[nH]1. The molecule has 5 nitrogen and oxygen atoms in total. The Morgan fingerprint density at radius 1 is 1.24 bits per heavy atom. The first-order valence-electron chi connectivity index (χ1n) is 6.30. The van der Waals surface area contributed by atoms with E-state index < -0.39 is 0 Å². The minimum atomic E-state index is -0.222. The molecule has 0 saturated heterocycles. The lowest BCUT2D eigenvalue weighted by Crippen LogP contribution is -2.09. The van der Waals surface area contributed by atoms with Crippen molar-refractivity contribution in [3.63, 3.8) is 0 Å². The first-order chi connectivity index (χ1) is 10.2. The molecule has 0 aliphatic carbocycles. The molecule has 0 amide bonds. The van der Waals surface area contributed by atoms with Crippen LogP contribution in [0, 0.1) is 11.3 Å². The third-order valence-corrected chi connectivity index (χ3v) is 3.20. The first kappa shape index (κ1) is 12.9. The summed E-state index contributed by atoms with van der Waals surface area (Å²) >= 11 is 0. The van der Waals surface area contributed by atoms with Crippen molar-refractivity contribution in [1.82, 2.24) is 9.97 Å². The molecular weight excluding hydrogens is 266 g/mol. The van der Waals surface area contributed by atoms with E-state index >= 15 is 0 Å². The summed E-state index contributed by atoms with van der Waals surface area (Å²) < 4.78 is 5.28. The van der Waals surface area contributed by atoms with Gasteiger partial charge in [-0.2, -0.15) is 5.26 Å². The number of fused-ring (bicyclic) bond motifs is 1. The maximum Gasteiger partial charge on any atom is 0.259 e. The van der Waals surface area contributed by atoms with Gasteiger partial charge >= 0.3 is 0 Å². The van der Waals surface area contributed by atoms with Gasteiger partial charge < -0.3 is 9.72 Å². The van der Waals surface area contributed by atoms with Crippen LogP contribution < -0.4 is 10.3 Å². The summed E-state index contributed by atoms with van der Waals surface area (Å²) in [5.74, 6) is 0.931. The molecule has 2 aromatic carbocycles. The van der Waals surface area contributed by atoms with E-state index in [0.29, 0.717) is 33.6 Å². The van der Waals surface area contributed by atoms with Crippen LogP contribution in [-0.2, 0) is 0 Å². The second-order valence-electron chi connectivity index (χ2n) is 4.46. The fourth-order valence-corrected chi connectivity index (χ4v) is 2.18. The Balaban J connectivity index is 2.30. The molecule has 1 heterocycles. The molecule has 0 aliphatic rings. The van der Waals surface area contributed by atoms with E-state index in [-0.39, 0.29) is 5.56 Å². The Morgan fingerprint density at radius 2 is 2.05 bits per heavy atom. The van der Waals surface area contributed by atoms with Crippen LogP contribution in [0.3, 0.4) is 0 Å². The van der Waals surface area contributed by atoms with Gasteiger partial charge in [0.05, 0.1) is 35.2 Å². The van der Waals surface area contributed by atoms with E-state index in [4.69, 9.17) is 10.00 Å². The van der Waals surface area contributed by atoms with Crippen molar-refractivity contribution in [3.8, 4) is 23.2 Å². The summed E-state index contributed by atoms with van der Waals surface area (Å²) in [5, 5.41) is 9.54. The van der Waals surface area contributed by atoms with E-state index in [0.717, 1.165) is 0 Å². The van der Waals surface area contributed by atoms with Gasteiger partial charge in [0.2, 0.25) is 0 Å². The molecule has 5 heteroatoms. The molecular formula is C16H11N3O2. The van der Waals surface area contributed by atoms with Gasteiger partial charge in [-0.15, -0.1) is 0 Å². The van der Waals surface area contributed by atoms with Crippen molar-refractivity contribution in [2.24, 2.45) is 0 Å². The maximum absolute atomic E-state index is 12.1. The highest BCUT2D eigenvalue weighted by Crippen LogP contribution is 2.28. The van der Waals surface area contributed by atoms with E-state index in [9.17, 15) is 4.79 Å². The number of nitrogens with zero attached hydrogens (tertiary/aromatic N) is 2. The quantitative estimate of drug-likeness (QED) is 0.780. The average Bonchev–Trinajstić information content (AvgIpc) is 2.54. The summed E-state index contributed by atoms with van der Waals surface area (Å²) in [6, 6.07) is 14.1. The van der Waals surface area contributed by atoms with Crippen molar-refractivity contribution >= 4 is 10.9 Å². The summed E-state index contributed by atoms with van der Waals surface area (Å²) in [6.45, 7) is 0. The second kappa shape index (κ2) is 5.10. The number of aromatic nitrogens is 2. The second-order valence-corrected chi connectivity index (χ2v) is 4.46. The molecule has 102 valence electrons. The average molecular weight is 277 g/mol. The molecule has 0 spiro atoms. The number of nitriles is 1. The lowest BCUT2D eigenvalue weighted by atomic mass is 10.1. The number of rotatable bonds is 2. The van der Waals surface area contributed by atoms with Crippen LogP contribution in [0.2, 0.25) is 0 Å². The number of nitrogens with one attached hydrogen (secondary N) is 1. The zero-order valence-corrected chi connectivity index (χ0v) is 11.3. The minimum Gasteiger partial charge on any atom is -0.496 e. The molecule has 1 aromatic heterocycles. The van der Waals surface area contributed by atoms with E-state index in [1.165, 1.54) is 7.11 Å². The zero-order valence-electron chi connectivity index (χ0n) is 11.3. The summed E-state index contributed by atoms with van der Waals surface area (Å²) in [4.78, 5) is 19.3. The standard InChI is InChI=1S/C16H11N3O2/c1-21-14-7-6-10(9-17)8-12(14)15-18-13-5-3-2-4-11(13)16(20)19-15/h2-8H,1H3,(H,18,19,20). The Morgan fingerprint density at radius 3 is 2.81 bits per heavy atom. The van der Waals surface area contributed by atoms with Gasteiger partial charge in [-0.1, -0.05) is 12.1 Å². The number of ether oxygens (including phenoxy) is 1. The third kappa shape index (κ3) is 2.23. The number of para-hydroxylation sites is 1. The Hall–Kier alpha value is -3.13. The predicted molar refractivity (Wildman–Crippen MR) is 79.1 cm³/mol. The van der Waals surface area contributed by atoms with Crippen molar-refractivity contribution in [2.45, 2.75) is 0 Å². The molecule has 1 N–H and O–H groups in total. The van der Waals surface area contributed by atoms with Gasteiger partial charge in [0.15, 0.2) is 0 Å². The van der Waals surface area contributed by atoms with Crippen LogP contribution in [0.1, 0.15) is 5.56 Å². The third-order valence-electron chi connectivity index (χ3n) is 3.20. The van der Waals surface area contributed by atoms with Crippen LogP contribution >= 0.6 is 0 Å². The predicted octanol–water partition coefficient (Wildman–Crippen LogP) is 2.47. The number of aromatic amines is 1. The zero-order chi connectivity index (χ0) is 14.8. The van der Waals surface area contributed by atoms with E-state index in [1.54, 1.807) is 36.4 Å². The van der Waals surface area contributed by atoms with Crippen molar-refractivity contribution in [2.75, 3.05) is 7.11 Å².